The number of piperazine rings is 1. The Morgan fingerprint density at radius 1 is 1.10 bits per heavy atom. The molecule has 2 aromatic rings. The first kappa shape index (κ1) is 30.0. The van der Waals surface area contributed by atoms with Gasteiger partial charge in [0, 0.05) is 62.7 Å². The number of β-amino-alcohol motifs (C(OH)–C–C–N with tert-alkyl or cyclic N) is 1. The number of anilines is 1. The van der Waals surface area contributed by atoms with Crippen LogP contribution in [-0.2, 0) is 15.9 Å². The van der Waals surface area contributed by atoms with Crippen molar-refractivity contribution in [2.24, 2.45) is 0 Å². The minimum Gasteiger partial charge on any atom is -0.400 e. The highest BCUT2D eigenvalue weighted by Gasteiger charge is 2.42. The Balaban J connectivity index is 0.00000189. The van der Waals surface area contributed by atoms with Crippen LogP contribution in [0.3, 0.4) is 0 Å². The molecule has 1 aromatic heterocycles. The van der Waals surface area contributed by atoms with Gasteiger partial charge in [0.05, 0.1) is 6.61 Å². The number of nitrogens with one attached hydrogen (secondary N) is 1. The van der Waals surface area contributed by atoms with Gasteiger partial charge in [0.15, 0.2) is 5.76 Å². The van der Waals surface area contributed by atoms with Crippen molar-refractivity contribution in [3.63, 3.8) is 0 Å². The van der Waals surface area contributed by atoms with Crippen molar-refractivity contribution in [3.05, 3.63) is 95.3 Å². The maximum absolute atomic E-state index is 13.1. The van der Waals surface area contributed by atoms with E-state index in [0.717, 1.165) is 41.2 Å². The predicted octanol–water partition coefficient (Wildman–Crippen LogP) is 5.32. The van der Waals surface area contributed by atoms with E-state index in [0.29, 0.717) is 31.6 Å². The van der Waals surface area contributed by atoms with Crippen molar-refractivity contribution in [1.29, 1.82) is 0 Å². The molecule has 2 N–H and O–H groups in total. The van der Waals surface area contributed by atoms with Crippen LogP contribution in [0.5, 0.6) is 0 Å². The van der Waals surface area contributed by atoms with Crippen molar-refractivity contribution >= 4 is 11.7 Å². The van der Waals surface area contributed by atoms with E-state index in [2.05, 4.69) is 30.7 Å². The maximum Gasteiger partial charge on any atom is 0.585 e. The summed E-state index contributed by atoms with van der Waals surface area (Å²) < 4.78 is 35.1. The second-order valence-corrected chi connectivity index (χ2v) is 9.52. The molecule has 0 bridgehead atoms. The summed E-state index contributed by atoms with van der Waals surface area (Å²) in [6.07, 6.45) is 7.31. The van der Waals surface area contributed by atoms with Crippen LogP contribution in [0, 0.1) is 0 Å². The fraction of sp³-hybridized carbons (Fsp3) is 0.355. The van der Waals surface area contributed by atoms with Gasteiger partial charge in [-0.2, -0.15) is 0 Å². The lowest BCUT2D eigenvalue weighted by Crippen LogP contribution is -2.49. The Bertz CT molecular complexity index is 1360. The van der Waals surface area contributed by atoms with Crippen LogP contribution in [0.4, 0.5) is 14.6 Å². The van der Waals surface area contributed by atoms with E-state index in [4.69, 9.17) is 5.11 Å². The van der Waals surface area contributed by atoms with Gasteiger partial charge < -0.3 is 24.8 Å². The van der Waals surface area contributed by atoms with E-state index in [9.17, 15) is 13.6 Å². The molecule has 0 aliphatic carbocycles. The van der Waals surface area contributed by atoms with E-state index in [-0.39, 0.29) is 24.0 Å². The van der Waals surface area contributed by atoms with E-state index >= 15 is 0 Å². The molecule has 8 nitrogen and oxygen atoms in total. The first-order valence-electron chi connectivity index (χ1n) is 13.8. The lowest BCUT2D eigenvalue weighted by molar-refractivity contribution is -0.336. The number of rotatable bonds is 7. The summed E-state index contributed by atoms with van der Waals surface area (Å²) in [5.74, 6) is 0.783. The number of benzene rings is 1. The van der Waals surface area contributed by atoms with Gasteiger partial charge in [0.2, 0.25) is 0 Å². The number of ether oxygens (including phenoxy) is 2. The highest BCUT2D eigenvalue weighted by Crippen LogP contribution is 2.33. The molecule has 1 aromatic carbocycles. The fourth-order valence-corrected chi connectivity index (χ4v) is 4.73. The summed E-state index contributed by atoms with van der Waals surface area (Å²) in [4.78, 5) is 21.7. The number of allylic oxidation sites excluding steroid dienone is 6. The molecule has 0 atom stereocenters. The number of aliphatic hydroxyl groups is 1. The number of carbonyl (C=O) groups is 1. The van der Waals surface area contributed by atoms with Gasteiger partial charge in [-0.1, -0.05) is 44.2 Å². The van der Waals surface area contributed by atoms with Gasteiger partial charge in [-0.25, -0.2) is 4.98 Å². The minimum absolute atomic E-state index is 0.000684. The van der Waals surface area contributed by atoms with Crippen molar-refractivity contribution in [2.45, 2.75) is 33.5 Å². The third kappa shape index (κ3) is 7.59. The minimum atomic E-state index is -3.62. The van der Waals surface area contributed by atoms with Crippen molar-refractivity contribution < 1.29 is 28.2 Å². The van der Waals surface area contributed by atoms with Gasteiger partial charge in [-0.05, 0) is 47.9 Å². The number of pyridine rings is 1. The van der Waals surface area contributed by atoms with Crippen LogP contribution in [0.1, 0.15) is 36.7 Å². The van der Waals surface area contributed by atoms with E-state index < -0.39 is 6.29 Å². The summed E-state index contributed by atoms with van der Waals surface area (Å²) in [6, 6.07) is 9.64. The van der Waals surface area contributed by atoms with Crippen molar-refractivity contribution in [1.82, 2.24) is 14.8 Å². The van der Waals surface area contributed by atoms with Crippen LogP contribution < -0.4 is 5.32 Å². The van der Waals surface area contributed by atoms with Crippen LogP contribution in [0.2, 0.25) is 0 Å². The normalized spacial score (nSPS) is 18.3. The average Bonchev–Trinajstić information content (AvgIpc) is 3.26. The summed E-state index contributed by atoms with van der Waals surface area (Å²) >= 11 is 0. The second-order valence-electron chi connectivity index (χ2n) is 9.52. The Kier molecular flexibility index (Phi) is 9.91. The highest BCUT2D eigenvalue weighted by atomic mass is 19.3. The standard InChI is InChI=1S/C29H30F2N4O4.C2H6/c1-20-26(39-29(30,31)38-20)8-3-2-5-21-15-24-17-25(19-33-27(24)32-18-21)22-6-4-7-23(16-22)28(37)35-11-9-34(10-12-35)13-14-36;1-2/h2-8,16-19,36H,9-15H2,1H3,(H,32,33);1-2H3/b5-2+,8-3-;. The molecule has 218 valence electrons. The van der Waals surface area contributed by atoms with E-state index in [1.807, 2.05) is 55.3 Å². The third-order valence-electron chi connectivity index (χ3n) is 6.79. The molecule has 0 radical (unpaired) electrons. The molecular formula is C31H36F2N4O4. The highest BCUT2D eigenvalue weighted by molar-refractivity contribution is 5.95. The average molecular weight is 567 g/mol. The molecule has 3 aliphatic rings. The molecule has 1 fully saturated rings. The topological polar surface area (TPSA) is 87.2 Å². The zero-order valence-corrected chi connectivity index (χ0v) is 23.6. The monoisotopic (exact) mass is 566 g/mol. The van der Waals surface area contributed by atoms with Gasteiger partial charge in [0.1, 0.15) is 11.6 Å². The Hall–Kier alpha value is -4.02. The Morgan fingerprint density at radius 3 is 2.56 bits per heavy atom. The maximum atomic E-state index is 13.1. The zero-order valence-electron chi connectivity index (χ0n) is 23.6. The number of amides is 1. The predicted molar refractivity (Wildman–Crippen MR) is 154 cm³/mol. The quantitative estimate of drug-likeness (QED) is 0.439. The number of aromatic nitrogens is 1. The van der Waals surface area contributed by atoms with Crippen molar-refractivity contribution in [2.75, 3.05) is 44.6 Å². The Labute approximate surface area is 239 Å². The molecule has 5 rings (SSSR count). The van der Waals surface area contributed by atoms with Crippen LogP contribution in [-0.4, -0.2) is 71.4 Å². The SMILES string of the molecule is CC.CC1=C(/C=C\C=C\C2=CNc3ncc(-c4cccc(C(=O)N5CCN(CCO)CC5)c4)cc3C2)OC(F)(F)O1. The molecule has 4 heterocycles. The van der Waals surface area contributed by atoms with Gasteiger partial charge in [-0.3, -0.25) is 9.69 Å². The summed E-state index contributed by atoms with van der Waals surface area (Å²) in [6.45, 7) is 8.96. The molecule has 0 unspecified atom stereocenters. The van der Waals surface area contributed by atoms with Crippen LogP contribution in [0.15, 0.2) is 84.1 Å². The number of aliphatic hydroxyl groups excluding tert-OH is 1. The number of nitrogens with zero attached hydrogens (tertiary/aromatic N) is 3. The largest absolute Gasteiger partial charge is 0.585 e. The number of carbonyl (C=O) groups excluding carboxylic acids is 1. The molecule has 41 heavy (non-hydrogen) atoms. The fourth-order valence-electron chi connectivity index (χ4n) is 4.73. The molecule has 1 amide bonds. The Morgan fingerprint density at radius 2 is 1.85 bits per heavy atom. The van der Waals surface area contributed by atoms with E-state index in [1.165, 1.54) is 13.0 Å². The molecule has 1 saturated heterocycles. The van der Waals surface area contributed by atoms with Gasteiger partial charge in [0.25, 0.3) is 5.91 Å². The molecule has 10 heteroatoms. The first-order valence-corrected chi connectivity index (χ1v) is 13.8. The molecule has 3 aliphatic heterocycles. The lowest BCUT2D eigenvalue weighted by atomic mass is 9.98. The molecule has 0 saturated carbocycles. The molecular weight excluding hydrogens is 530 g/mol. The first-order chi connectivity index (χ1) is 19.8. The number of fused-ring (bicyclic) bond motifs is 1. The number of hydrogen-bond acceptors (Lipinski definition) is 7. The lowest BCUT2D eigenvalue weighted by Gasteiger charge is -2.34. The number of alkyl halides is 2. The second kappa shape index (κ2) is 13.6. The third-order valence-corrected chi connectivity index (χ3v) is 6.79. The van der Waals surface area contributed by atoms with E-state index in [1.54, 1.807) is 18.3 Å². The van der Waals surface area contributed by atoms with Gasteiger partial charge in [-0.15, -0.1) is 8.78 Å². The number of halogens is 2. The molecule has 0 spiro atoms. The van der Waals surface area contributed by atoms with Crippen LogP contribution in [0.25, 0.3) is 11.1 Å². The zero-order chi connectivity index (χ0) is 29.4. The summed E-state index contributed by atoms with van der Waals surface area (Å²) in [5, 5.41) is 12.3. The van der Waals surface area contributed by atoms with Crippen LogP contribution >= 0.6 is 0 Å². The number of hydrogen-bond donors (Lipinski definition) is 2. The van der Waals surface area contributed by atoms with Crippen molar-refractivity contribution in [3.8, 4) is 11.1 Å². The summed E-state index contributed by atoms with van der Waals surface area (Å²) in [5.41, 5.74) is 4.43. The summed E-state index contributed by atoms with van der Waals surface area (Å²) in [7, 11) is 0. The smallest absolute Gasteiger partial charge is 0.400 e. The van der Waals surface area contributed by atoms with Gasteiger partial charge >= 0.3 is 6.29 Å².